The number of aromatic nitrogens is 2. The van der Waals surface area contributed by atoms with E-state index >= 15 is 0 Å². The average Bonchev–Trinajstić information content (AvgIpc) is 2.95. The van der Waals surface area contributed by atoms with Crippen LogP contribution in [0.3, 0.4) is 0 Å². The first-order chi connectivity index (χ1) is 13.0. The van der Waals surface area contributed by atoms with Gasteiger partial charge in [0.1, 0.15) is 10.6 Å². The van der Waals surface area contributed by atoms with Crippen LogP contribution in [-0.2, 0) is 6.54 Å². The minimum atomic E-state index is -0.427. The second-order valence-electron chi connectivity index (χ2n) is 6.44. The molecule has 0 N–H and O–H groups in total. The van der Waals surface area contributed by atoms with Gasteiger partial charge in [0.15, 0.2) is 0 Å². The van der Waals surface area contributed by atoms with E-state index in [1.54, 1.807) is 41.0 Å². The number of thiophene rings is 1. The van der Waals surface area contributed by atoms with Gasteiger partial charge >= 0.3 is 5.69 Å². The highest BCUT2D eigenvalue weighted by molar-refractivity contribution is 7.18. The Morgan fingerprint density at radius 1 is 1.00 bits per heavy atom. The first kappa shape index (κ1) is 17.4. The van der Waals surface area contributed by atoms with Crippen molar-refractivity contribution in [2.24, 2.45) is 0 Å². The molecule has 0 radical (unpaired) electrons. The van der Waals surface area contributed by atoms with Gasteiger partial charge in [-0.1, -0.05) is 30.3 Å². The number of hydrogen-bond acceptors (Lipinski definition) is 3. The highest BCUT2D eigenvalue weighted by Gasteiger charge is 2.19. The lowest BCUT2D eigenvalue weighted by atomic mass is 10.2. The Bertz CT molecular complexity index is 1270. The fourth-order valence-corrected chi connectivity index (χ4v) is 4.36. The van der Waals surface area contributed by atoms with Gasteiger partial charge in [-0.2, -0.15) is 0 Å². The number of aryl methyl sites for hydroxylation is 2. The molecule has 2 heterocycles. The molecule has 0 fully saturated rings. The second kappa shape index (κ2) is 6.63. The van der Waals surface area contributed by atoms with E-state index in [2.05, 4.69) is 0 Å². The molecular weight excluding hydrogens is 363 g/mol. The van der Waals surface area contributed by atoms with E-state index in [-0.39, 0.29) is 17.9 Å². The second-order valence-corrected chi connectivity index (χ2v) is 7.64. The van der Waals surface area contributed by atoms with Crippen molar-refractivity contribution in [3.05, 3.63) is 97.3 Å². The van der Waals surface area contributed by atoms with Crippen LogP contribution in [0.4, 0.5) is 4.39 Å². The zero-order chi connectivity index (χ0) is 19.1. The smallest absolute Gasteiger partial charge is 0.279 e. The zero-order valence-electron chi connectivity index (χ0n) is 14.9. The van der Waals surface area contributed by atoms with Gasteiger partial charge < -0.3 is 0 Å². The highest BCUT2D eigenvalue weighted by Crippen LogP contribution is 2.27. The van der Waals surface area contributed by atoms with Gasteiger partial charge in [0, 0.05) is 4.88 Å². The molecule has 2 aromatic carbocycles. The summed E-state index contributed by atoms with van der Waals surface area (Å²) in [5.41, 5.74) is 1.31. The quantitative estimate of drug-likeness (QED) is 0.539. The summed E-state index contributed by atoms with van der Waals surface area (Å²) in [5.74, 6) is -0.355. The maximum absolute atomic E-state index is 13.6. The van der Waals surface area contributed by atoms with Gasteiger partial charge in [-0.25, -0.2) is 13.8 Å². The molecule has 0 aliphatic carbocycles. The summed E-state index contributed by atoms with van der Waals surface area (Å²) in [4.78, 5) is 28.0. The van der Waals surface area contributed by atoms with Crippen molar-refractivity contribution in [2.45, 2.75) is 20.4 Å². The molecule has 4 nitrogen and oxygen atoms in total. The molecule has 2 aromatic heterocycles. The van der Waals surface area contributed by atoms with Crippen LogP contribution in [0.25, 0.3) is 15.9 Å². The Morgan fingerprint density at radius 3 is 2.44 bits per heavy atom. The first-order valence-electron chi connectivity index (χ1n) is 8.53. The van der Waals surface area contributed by atoms with Crippen LogP contribution in [0.15, 0.2) is 64.2 Å². The van der Waals surface area contributed by atoms with Crippen LogP contribution in [-0.4, -0.2) is 9.13 Å². The topological polar surface area (TPSA) is 44.0 Å². The van der Waals surface area contributed by atoms with Gasteiger partial charge in [0.05, 0.1) is 17.6 Å². The lowest BCUT2D eigenvalue weighted by molar-refractivity contribution is 0.622. The van der Waals surface area contributed by atoms with E-state index in [1.165, 1.54) is 28.0 Å². The molecule has 0 saturated heterocycles. The largest absolute Gasteiger partial charge is 0.337 e. The Balaban J connectivity index is 2.07. The maximum Gasteiger partial charge on any atom is 0.337 e. The van der Waals surface area contributed by atoms with Crippen molar-refractivity contribution in [3.8, 4) is 5.69 Å². The lowest BCUT2D eigenvalue weighted by Gasteiger charge is -2.12. The van der Waals surface area contributed by atoms with E-state index in [1.807, 2.05) is 19.9 Å². The standard InChI is InChI=1S/C21H17FN2O2S/c1-13-14(2)27-20-18(13)19(25)24(17-9-4-3-5-10-17)21(26)23(20)12-15-7-6-8-16(22)11-15/h3-11H,12H2,1-2H3. The van der Waals surface area contributed by atoms with Crippen molar-refractivity contribution < 1.29 is 4.39 Å². The van der Waals surface area contributed by atoms with Gasteiger partial charge in [-0.3, -0.25) is 9.36 Å². The Kier molecular flexibility index (Phi) is 4.28. The predicted molar refractivity (Wildman–Crippen MR) is 107 cm³/mol. The molecule has 0 aliphatic rings. The molecule has 0 bridgehead atoms. The minimum Gasteiger partial charge on any atom is -0.279 e. The summed E-state index contributed by atoms with van der Waals surface area (Å²) in [5, 5.41) is 0.539. The van der Waals surface area contributed by atoms with Crippen molar-refractivity contribution in [2.75, 3.05) is 0 Å². The number of para-hydroxylation sites is 1. The molecule has 4 rings (SSSR count). The third-order valence-electron chi connectivity index (χ3n) is 4.70. The molecule has 0 atom stereocenters. The SMILES string of the molecule is Cc1sc2c(c1C)c(=O)n(-c1ccccc1)c(=O)n2Cc1cccc(F)c1. The normalized spacial score (nSPS) is 11.2. The molecule has 0 amide bonds. The number of halogens is 1. The molecule has 136 valence electrons. The molecule has 0 saturated carbocycles. The van der Waals surface area contributed by atoms with Crippen LogP contribution >= 0.6 is 11.3 Å². The Labute approximate surface area is 158 Å². The molecule has 6 heteroatoms. The molecule has 27 heavy (non-hydrogen) atoms. The zero-order valence-corrected chi connectivity index (χ0v) is 15.7. The number of hydrogen-bond donors (Lipinski definition) is 0. The molecule has 0 aliphatic heterocycles. The van der Waals surface area contributed by atoms with Crippen LogP contribution in [0.2, 0.25) is 0 Å². The van der Waals surface area contributed by atoms with E-state index in [4.69, 9.17) is 0 Å². The van der Waals surface area contributed by atoms with Gasteiger partial charge in [0.25, 0.3) is 5.56 Å². The Morgan fingerprint density at radius 2 is 1.74 bits per heavy atom. The number of nitrogens with zero attached hydrogens (tertiary/aromatic N) is 2. The van der Waals surface area contributed by atoms with Crippen LogP contribution in [0.1, 0.15) is 16.0 Å². The van der Waals surface area contributed by atoms with Crippen molar-refractivity contribution in [1.82, 2.24) is 9.13 Å². The van der Waals surface area contributed by atoms with Crippen LogP contribution in [0, 0.1) is 19.7 Å². The number of rotatable bonds is 3. The molecule has 0 spiro atoms. The van der Waals surface area contributed by atoms with Crippen molar-refractivity contribution >= 4 is 21.6 Å². The van der Waals surface area contributed by atoms with E-state index < -0.39 is 5.69 Å². The van der Waals surface area contributed by atoms with Gasteiger partial charge in [-0.15, -0.1) is 11.3 Å². The summed E-state index contributed by atoms with van der Waals surface area (Å²) in [6, 6.07) is 15.0. The first-order valence-corrected chi connectivity index (χ1v) is 9.34. The van der Waals surface area contributed by atoms with E-state index in [0.29, 0.717) is 21.5 Å². The number of fused-ring (bicyclic) bond motifs is 1. The summed E-state index contributed by atoms with van der Waals surface area (Å²) in [6.07, 6.45) is 0. The van der Waals surface area contributed by atoms with Gasteiger partial charge in [0.2, 0.25) is 0 Å². The van der Waals surface area contributed by atoms with E-state index in [0.717, 1.165) is 10.4 Å². The third-order valence-corrected chi connectivity index (χ3v) is 5.93. The Hall–Kier alpha value is -2.99. The fraction of sp³-hybridized carbons (Fsp3) is 0.143. The maximum atomic E-state index is 13.6. The van der Waals surface area contributed by atoms with Gasteiger partial charge in [-0.05, 0) is 49.2 Å². The van der Waals surface area contributed by atoms with Crippen molar-refractivity contribution in [1.29, 1.82) is 0 Å². The fourth-order valence-electron chi connectivity index (χ4n) is 3.22. The number of benzene rings is 2. The predicted octanol–water partition coefficient (Wildman–Crippen LogP) is 4.02. The summed E-state index contributed by atoms with van der Waals surface area (Å²) in [7, 11) is 0. The average molecular weight is 380 g/mol. The van der Waals surface area contributed by atoms with Crippen LogP contribution < -0.4 is 11.2 Å². The van der Waals surface area contributed by atoms with Crippen molar-refractivity contribution in [3.63, 3.8) is 0 Å². The summed E-state index contributed by atoms with van der Waals surface area (Å²) >= 11 is 1.42. The molecular formula is C21H17FN2O2S. The highest BCUT2D eigenvalue weighted by atomic mass is 32.1. The monoisotopic (exact) mass is 380 g/mol. The lowest BCUT2D eigenvalue weighted by Crippen LogP contribution is -2.38. The van der Waals surface area contributed by atoms with E-state index in [9.17, 15) is 14.0 Å². The third kappa shape index (κ3) is 2.92. The summed E-state index contributed by atoms with van der Waals surface area (Å²) in [6.45, 7) is 4.02. The molecule has 0 unspecified atom stereocenters. The minimum absolute atomic E-state index is 0.194. The summed E-state index contributed by atoms with van der Waals surface area (Å²) < 4.78 is 16.4. The van der Waals surface area contributed by atoms with Crippen LogP contribution in [0.5, 0.6) is 0 Å². The molecule has 4 aromatic rings.